The summed E-state index contributed by atoms with van der Waals surface area (Å²) in [5.41, 5.74) is 7.02. The maximum absolute atomic E-state index is 12.0. The van der Waals surface area contributed by atoms with E-state index in [-0.39, 0.29) is 5.91 Å². The summed E-state index contributed by atoms with van der Waals surface area (Å²) < 4.78 is 5.74. The van der Waals surface area contributed by atoms with Crippen molar-refractivity contribution in [2.24, 2.45) is 5.73 Å². The first-order valence-electron chi connectivity index (χ1n) is 8.21. The summed E-state index contributed by atoms with van der Waals surface area (Å²) in [5, 5.41) is 2.73. The van der Waals surface area contributed by atoms with E-state index < -0.39 is 5.91 Å². The molecular formula is C20H22N2O3. The fraction of sp³-hybridized carbons (Fsp3) is 0.200. The van der Waals surface area contributed by atoms with E-state index in [9.17, 15) is 9.59 Å². The van der Waals surface area contributed by atoms with Gasteiger partial charge in [0.2, 0.25) is 11.8 Å². The summed E-state index contributed by atoms with van der Waals surface area (Å²) in [6.45, 7) is 2.76. The van der Waals surface area contributed by atoms with Gasteiger partial charge in [0.1, 0.15) is 5.75 Å². The van der Waals surface area contributed by atoms with Crippen LogP contribution in [-0.4, -0.2) is 18.4 Å². The van der Waals surface area contributed by atoms with Gasteiger partial charge < -0.3 is 15.8 Å². The molecule has 130 valence electrons. The molecule has 5 nitrogen and oxygen atoms in total. The van der Waals surface area contributed by atoms with Gasteiger partial charge in [-0.3, -0.25) is 9.59 Å². The molecule has 0 radical (unpaired) electrons. The number of anilines is 1. The Kier molecular flexibility index (Phi) is 6.77. The van der Waals surface area contributed by atoms with Gasteiger partial charge in [0, 0.05) is 22.9 Å². The zero-order chi connectivity index (χ0) is 18.1. The number of carbonyl (C=O) groups excluding carboxylic acids is 2. The molecule has 0 saturated heterocycles. The minimum atomic E-state index is -0.502. The van der Waals surface area contributed by atoms with Gasteiger partial charge in [-0.2, -0.15) is 0 Å². The summed E-state index contributed by atoms with van der Waals surface area (Å²) in [5.74, 6) is -0.0153. The molecule has 0 saturated carbocycles. The summed E-state index contributed by atoms with van der Waals surface area (Å²) in [4.78, 5) is 23.1. The van der Waals surface area contributed by atoms with Crippen molar-refractivity contribution in [1.29, 1.82) is 0 Å². The van der Waals surface area contributed by atoms with Gasteiger partial charge in [-0.05, 0) is 42.8 Å². The molecule has 0 fully saturated rings. The molecule has 2 rings (SSSR count). The highest BCUT2D eigenvalue weighted by Gasteiger charge is 2.03. The predicted octanol–water partition coefficient (Wildman–Crippen LogP) is 3.62. The number of primary amides is 1. The van der Waals surface area contributed by atoms with Gasteiger partial charge in [0.15, 0.2) is 0 Å². The summed E-state index contributed by atoms with van der Waals surface area (Å²) in [6.07, 6.45) is 5.22. The summed E-state index contributed by atoms with van der Waals surface area (Å²) >= 11 is 0. The van der Waals surface area contributed by atoms with Crippen molar-refractivity contribution in [2.45, 2.75) is 19.8 Å². The molecule has 0 spiro atoms. The minimum Gasteiger partial charge on any atom is -0.493 e. The van der Waals surface area contributed by atoms with E-state index >= 15 is 0 Å². The number of carbonyl (C=O) groups is 2. The minimum absolute atomic E-state index is 0.268. The topological polar surface area (TPSA) is 81.4 Å². The number of hydrogen-bond donors (Lipinski definition) is 2. The Hall–Kier alpha value is -3.08. The second-order valence-electron chi connectivity index (χ2n) is 5.50. The van der Waals surface area contributed by atoms with Crippen LogP contribution >= 0.6 is 0 Å². The van der Waals surface area contributed by atoms with Gasteiger partial charge in [-0.15, -0.1) is 0 Å². The largest absolute Gasteiger partial charge is 0.493 e. The SMILES string of the molecule is CCCCOc1ccccc1/C=C/C(=O)Nc1ccc(C(N)=O)cc1. The zero-order valence-corrected chi connectivity index (χ0v) is 14.2. The maximum atomic E-state index is 12.0. The molecule has 2 aromatic rings. The highest BCUT2D eigenvalue weighted by molar-refractivity contribution is 6.02. The molecule has 0 unspecified atom stereocenters. The van der Waals surface area contributed by atoms with Crippen LogP contribution in [0.2, 0.25) is 0 Å². The average Bonchev–Trinajstić information content (AvgIpc) is 2.61. The molecule has 2 amide bonds. The van der Waals surface area contributed by atoms with Crippen molar-refractivity contribution < 1.29 is 14.3 Å². The second-order valence-corrected chi connectivity index (χ2v) is 5.50. The van der Waals surface area contributed by atoms with E-state index in [4.69, 9.17) is 10.5 Å². The third-order valence-corrected chi connectivity index (χ3v) is 3.53. The molecule has 0 aromatic heterocycles. The van der Waals surface area contributed by atoms with Gasteiger partial charge in [-0.25, -0.2) is 0 Å². The van der Waals surface area contributed by atoms with Crippen molar-refractivity contribution in [3.8, 4) is 5.75 Å². The molecule has 25 heavy (non-hydrogen) atoms. The lowest BCUT2D eigenvalue weighted by Crippen LogP contribution is -2.11. The van der Waals surface area contributed by atoms with E-state index in [0.717, 1.165) is 24.2 Å². The first kappa shape index (κ1) is 18.3. The summed E-state index contributed by atoms with van der Waals surface area (Å²) in [7, 11) is 0. The lowest BCUT2D eigenvalue weighted by Gasteiger charge is -2.08. The van der Waals surface area contributed by atoms with Crippen LogP contribution in [0, 0.1) is 0 Å². The molecule has 0 heterocycles. The number of hydrogen-bond acceptors (Lipinski definition) is 3. The first-order valence-corrected chi connectivity index (χ1v) is 8.21. The molecule has 2 aromatic carbocycles. The molecule has 0 aliphatic carbocycles. The van der Waals surface area contributed by atoms with Crippen molar-refractivity contribution in [3.63, 3.8) is 0 Å². The van der Waals surface area contributed by atoms with Crippen LogP contribution in [0.15, 0.2) is 54.6 Å². The van der Waals surface area contributed by atoms with E-state index in [0.29, 0.717) is 17.9 Å². The molecular weight excluding hydrogens is 316 g/mol. The Morgan fingerprint density at radius 2 is 1.84 bits per heavy atom. The van der Waals surface area contributed by atoms with Crippen molar-refractivity contribution >= 4 is 23.6 Å². The fourth-order valence-corrected chi connectivity index (χ4v) is 2.14. The van der Waals surface area contributed by atoms with Gasteiger partial charge >= 0.3 is 0 Å². The lowest BCUT2D eigenvalue weighted by atomic mass is 10.2. The molecule has 0 aliphatic heterocycles. The van der Waals surface area contributed by atoms with Gasteiger partial charge in [0.05, 0.1) is 6.61 Å². The van der Waals surface area contributed by atoms with Gasteiger partial charge in [-0.1, -0.05) is 31.5 Å². The van der Waals surface area contributed by atoms with Crippen LogP contribution in [0.4, 0.5) is 5.69 Å². The second kappa shape index (κ2) is 9.27. The molecule has 0 aliphatic rings. The smallest absolute Gasteiger partial charge is 0.248 e. The monoisotopic (exact) mass is 338 g/mol. The molecule has 0 bridgehead atoms. The van der Waals surface area contributed by atoms with Crippen molar-refractivity contribution in [1.82, 2.24) is 0 Å². The Bertz CT molecular complexity index is 752. The number of nitrogens with two attached hydrogens (primary N) is 1. The fourth-order valence-electron chi connectivity index (χ4n) is 2.14. The standard InChI is InChI=1S/C20H22N2O3/c1-2-3-14-25-18-7-5-4-6-15(18)10-13-19(23)22-17-11-8-16(9-12-17)20(21)24/h4-13H,2-3,14H2,1H3,(H2,21,24)(H,22,23)/b13-10+. The van der Waals surface area contributed by atoms with E-state index in [2.05, 4.69) is 12.2 Å². The molecule has 0 atom stereocenters. The third-order valence-electron chi connectivity index (χ3n) is 3.53. The van der Waals surface area contributed by atoms with Crippen molar-refractivity contribution in [2.75, 3.05) is 11.9 Å². The van der Waals surface area contributed by atoms with Crippen LogP contribution in [0.25, 0.3) is 6.08 Å². The number of benzene rings is 2. The number of nitrogens with one attached hydrogen (secondary N) is 1. The third kappa shape index (κ3) is 5.80. The van der Waals surface area contributed by atoms with E-state index in [1.54, 1.807) is 30.3 Å². The Labute approximate surface area is 147 Å². The lowest BCUT2D eigenvalue weighted by molar-refractivity contribution is -0.111. The van der Waals surface area contributed by atoms with Crippen LogP contribution in [0.5, 0.6) is 5.75 Å². The van der Waals surface area contributed by atoms with Crippen LogP contribution in [0.1, 0.15) is 35.7 Å². The Morgan fingerprint density at radius 3 is 2.52 bits per heavy atom. The maximum Gasteiger partial charge on any atom is 0.248 e. The number of ether oxygens (including phenoxy) is 1. The molecule has 3 N–H and O–H groups in total. The van der Waals surface area contributed by atoms with Crippen LogP contribution in [-0.2, 0) is 4.79 Å². The van der Waals surface area contributed by atoms with E-state index in [1.165, 1.54) is 6.08 Å². The first-order chi connectivity index (χ1) is 12.1. The number of rotatable bonds is 8. The number of amides is 2. The Balaban J connectivity index is 1.99. The number of unbranched alkanes of at least 4 members (excludes halogenated alkanes) is 1. The Morgan fingerprint density at radius 1 is 1.12 bits per heavy atom. The van der Waals surface area contributed by atoms with Crippen LogP contribution in [0.3, 0.4) is 0 Å². The van der Waals surface area contributed by atoms with E-state index in [1.807, 2.05) is 24.3 Å². The highest BCUT2D eigenvalue weighted by Crippen LogP contribution is 2.20. The predicted molar refractivity (Wildman–Crippen MR) is 99.5 cm³/mol. The van der Waals surface area contributed by atoms with Crippen LogP contribution < -0.4 is 15.8 Å². The van der Waals surface area contributed by atoms with Crippen molar-refractivity contribution in [3.05, 3.63) is 65.7 Å². The zero-order valence-electron chi connectivity index (χ0n) is 14.2. The average molecular weight is 338 g/mol. The normalized spacial score (nSPS) is 10.6. The molecule has 5 heteroatoms. The summed E-state index contributed by atoms with van der Waals surface area (Å²) in [6, 6.07) is 14.0. The van der Waals surface area contributed by atoms with Gasteiger partial charge in [0.25, 0.3) is 0 Å². The number of para-hydroxylation sites is 1. The quantitative estimate of drug-likeness (QED) is 0.570. The highest BCUT2D eigenvalue weighted by atomic mass is 16.5.